The van der Waals surface area contributed by atoms with Gasteiger partial charge in [0, 0.05) is 37.1 Å². The number of likely N-dealkylation sites (tertiary alicyclic amines) is 1. The number of piperidine rings is 1. The van der Waals surface area contributed by atoms with E-state index in [-0.39, 0.29) is 17.7 Å². The van der Waals surface area contributed by atoms with Crippen molar-refractivity contribution >= 4 is 23.5 Å². The second-order valence-electron chi connectivity index (χ2n) is 6.52. The lowest BCUT2D eigenvalue weighted by molar-refractivity contribution is -0.143. The van der Waals surface area contributed by atoms with E-state index in [9.17, 15) is 14.4 Å². The maximum Gasteiger partial charge on any atom is 0.306 e. The summed E-state index contributed by atoms with van der Waals surface area (Å²) in [6.07, 6.45) is 4.13. The number of aromatic nitrogens is 2. The first kappa shape index (κ1) is 18.6. The fraction of sp³-hybridized carbons (Fsp3) is 0.368. The smallest absolute Gasteiger partial charge is 0.306 e. The van der Waals surface area contributed by atoms with Crippen LogP contribution in [-0.4, -0.2) is 50.7 Å². The SMILES string of the molecule is CCn1cc(C(=O)Nc2ccc(C(=O)N3CCC(C(=O)O)CC3)cc2)cn1. The van der Waals surface area contributed by atoms with Gasteiger partial charge >= 0.3 is 5.97 Å². The van der Waals surface area contributed by atoms with E-state index in [0.717, 1.165) is 0 Å². The summed E-state index contributed by atoms with van der Waals surface area (Å²) in [6, 6.07) is 6.69. The van der Waals surface area contributed by atoms with Crippen molar-refractivity contribution in [3.05, 3.63) is 47.8 Å². The van der Waals surface area contributed by atoms with Crippen molar-refractivity contribution in [3.63, 3.8) is 0 Å². The van der Waals surface area contributed by atoms with Gasteiger partial charge in [-0.15, -0.1) is 0 Å². The van der Waals surface area contributed by atoms with Gasteiger partial charge in [-0.2, -0.15) is 5.10 Å². The molecule has 8 heteroatoms. The predicted octanol–water partition coefficient (Wildman–Crippen LogP) is 2.09. The molecule has 0 bridgehead atoms. The van der Waals surface area contributed by atoms with Crippen LogP contribution in [0.2, 0.25) is 0 Å². The van der Waals surface area contributed by atoms with Crippen LogP contribution in [0.5, 0.6) is 0 Å². The molecule has 1 saturated heterocycles. The third kappa shape index (κ3) is 4.33. The number of nitrogens with zero attached hydrogens (tertiary/aromatic N) is 3. The molecule has 2 aromatic rings. The Labute approximate surface area is 156 Å². The summed E-state index contributed by atoms with van der Waals surface area (Å²) in [5, 5.41) is 15.9. The Kier molecular flexibility index (Phi) is 5.54. The quantitative estimate of drug-likeness (QED) is 0.839. The number of anilines is 1. The van der Waals surface area contributed by atoms with Gasteiger partial charge < -0.3 is 15.3 Å². The predicted molar refractivity (Wildman–Crippen MR) is 98.6 cm³/mol. The molecule has 2 amide bonds. The molecule has 8 nitrogen and oxygen atoms in total. The normalized spacial score (nSPS) is 14.8. The molecule has 2 heterocycles. The number of carbonyl (C=O) groups is 3. The van der Waals surface area contributed by atoms with Gasteiger partial charge in [-0.3, -0.25) is 19.1 Å². The third-order valence-corrected chi connectivity index (χ3v) is 4.74. The summed E-state index contributed by atoms with van der Waals surface area (Å²) in [5.74, 6) is -1.55. The molecule has 1 aliphatic heterocycles. The van der Waals surface area contributed by atoms with Gasteiger partial charge in [-0.05, 0) is 44.0 Å². The van der Waals surface area contributed by atoms with Crippen LogP contribution in [0.25, 0.3) is 0 Å². The molecule has 0 radical (unpaired) electrons. The first-order chi connectivity index (χ1) is 13.0. The van der Waals surface area contributed by atoms with Crippen LogP contribution in [0.4, 0.5) is 5.69 Å². The van der Waals surface area contributed by atoms with Crippen molar-refractivity contribution in [2.75, 3.05) is 18.4 Å². The first-order valence-corrected chi connectivity index (χ1v) is 8.94. The van der Waals surface area contributed by atoms with Gasteiger partial charge in [0.05, 0.1) is 17.7 Å². The standard InChI is InChI=1S/C19H22N4O4/c1-2-23-12-15(11-20-23)17(24)21-16-5-3-13(4-6-16)18(25)22-9-7-14(8-10-22)19(26)27/h3-6,11-12,14H,2,7-10H2,1H3,(H,21,24)(H,26,27). The Balaban J connectivity index is 1.59. The molecule has 0 aliphatic carbocycles. The monoisotopic (exact) mass is 370 g/mol. The molecular weight excluding hydrogens is 348 g/mol. The highest BCUT2D eigenvalue weighted by Gasteiger charge is 2.27. The van der Waals surface area contributed by atoms with Crippen LogP contribution in [0.15, 0.2) is 36.7 Å². The molecule has 1 aromatic carbocycles. The van der Waals surface area contributed by atoms with Gasteiger partial charge in [-0.1, -0.05) is 0 Å². The number of nitrogens with one attached hydrogen (secondary N) is 1. The number of carboxylic acids is 1. The lowest BCUT2D eigenvalue weighted by Crippen LogP contribution is -2.40. The Morgan fingerprint density at radius 1 is 1.15 bits per heavy atom. The van der Waals surface area contributed by atoms with E-state index in [4.69, 9.17) is 5.11 Å². The van der Waals surface area contributed by atoms with Crippen molar-refractivity contribution in [2.45, 2.75) is 26.3 Å². The number of hydrogen-bond donors (Lipinski definition) is 2. The number of rotatable bonds is 5. The van der Waals surface area contributed by atoms with E-state index < -0.39 is 5.97 Å². The van der Waals surface area contributed by atoms with E-state index in [2.05, 4.69) is 10.4 Å². The number of hydrogen-bond acceptors (Lipinski definition) is 4. The van der Waals surface area contributed by atoms with Gasteiger partial charge in [0.2, 0.25) is 0 Å². The third-order valence-electron chi connectivity index (χ3n) is 4.74. The molecule has 2 N–H and O–H groups in total. The van der Waals surface area contributed by atoms with Crippen molar-refractivity contribution in [3.8, 4) is 0 Å². The summed E-state index contributed by atoms with van der Waals surface area (Å²) < 4.78 is 1.67. The van der Waals surface area contributed by atoms with E-state index >= 15 is 0 Å². The molecular formula is C19H22N4O4. The van der Waals surface area contributed by atoms with Gasteiger partial charge in [-0.25, -0.2) is 0 Å². The minimum Gasteiger partial charge on any atom is -0.481 e. The van der Waals surface area contributed by atoms with Crippen molar-refractivity contribution < 1.29 is 19.5 Å². The summed E-state index contributed by atoms with van der Waals surface area (Å²) >= 11 is 0. The number of amides is 2. The summed E-state index contributed by atoms with van der Waals surface area (Å²) in [5.41, 5.74) is 1.57. The van der Waals surface area contributed by atoms with Crippen LogP contribution in [0, 0.1) is 5.92 Å². The van der Waals surface area contributed by atoms with Gasteiger partial charge in [0.15, 0.2) is 0 Å². The molecule has 142 valence electrons. The number of aliphatic carboxylic acids is 1. The lowest BCUT2D eigenvalue weighted by Gasteiger charge is -2.30. The van der Waals surface area contributed by atoms with Crippen LogP contribution in [-0.2, 0) is 11.3 Å². The van der Waals surface area contributed by atoms with E-state index in [0.29, 0.717) is 49.3 Å². The molecule has 1 aromatic heterocycles. The molecule has 0 spiro atoms. The Hall–Kier alpha value is -3.16. The highest BCUT2D eigenvalue weighted by molar-refractivity contribution is 6.04. The number of aryl methyl sites for hydroxylation is 1. The van der Waals surface area contributed by atoms with Gasteiger partial charge in [0.1, 0.15) is 0 Å². The fourth-order valence-electron chi connectivity index (χ4n) is 3.07. The second kappa shape index (κ2) is 8.03. The van der Waals surface area contributed by atoms with Crippen molar-refractivity contribution in [2.24, 2.45) is 5.92 Å². The minimum atomic E-state index is -0.799. The Morgan fingerprint density at radius 3 is 2.37 bits per heavy atom. The number of carbonyl (C=O) groups excluding carboxylic acids is 2. The highest BCUT2D eigenvalue weighted by Crippen LogP contribution is 2.20. The zero-order valence-corrected chi connectivity index (χ0v) is 15.1. The second-order valence-corrected chi connectivity index (χ2v) is 6.52. The van der Waals surface area contributed by atoms with Crippen molar-refractivity contribution in [1.82, 2.24) is 14.7 Å². The topological polar surface area (TPSA) is 105 Å². The summed E-state index contributed by atoms with van der Waals surface area (Å²) in [4.78, 5) is 37.4. The van der Waals surface area contributed by atoms with Gasteiger partial charge in [0.25, 0.3) is 11.8 Å². The Morgan fingerprint density at radius 2 is 1.81 bits per heavy atom. The van der Waals surface area contributed by atoms with Crippen LogP contribution >= 0.6 is 0 Å². The van der Waals surface area contributed by atoms with Crippen LogP contribution in [0.3, 0.4) is 0 Å². The van der Waals surface area contributed by atoms with E-state index in [1.807, 2.05) is 6.92 Å². The molecule has 27 heavy (non-hydrogen) atoms. The van der Waals surface area contributed by atoms with E-state index in [1.54, 1.807) is 40.0 Å². The molecule has 1 aliphatic rings. The molecule has 0 unspecified atom stereocenters. The maximum atomic E-state index is 12.5. The van der Waals surface area contributed by atoms with Crippen LogP contribution in [0.1, 0.15) is 40.5 Å². The maximum absolute atomic E-state index is 12.5. The van der Waals surface area contributed by atoms with Crippen LogP contribution < -0.4 is 5.32 Å². The Bertz CT molecular complexity index is 836. The molecule has 0 atom stereocenters. The zero-order valence-electron chi connectivity index (χ0n) is 15.1. The molecule has 0 saturated carbocycles. The average Bonchev–Trinajstić information content (AvgIpc) is 3.17. The zero-order chi connectivity index (χ0) is 19.4. The number of carboxylic acid groups (broad SMARTS) is 1. The number of benzene rings is 1. The summed E-state index contributed by atoms with van der Waals surface area (Å²) in [7, 11) is 0. The average molecular weight is 370 g/mol. The largest absolute Gasteiger partial charge is 0.481 e. The summed E-state index contributed by atoms with van der Waals surface area (Å²) in [6.45, 7) is 3.51. The van der Waals surface area contributed by atoms with E-state index in [1.165, 1.54) is 6.20 Å². The molecule has 1 fully saturated rings. The highest BCUT2D eigenvalue weighted by atomic mass is 16.4. The first-order valence-electron chi connectivity index (χ1n) is 8.94. The fourth-order valence-corrected chi connectivity index (χ4v) is 3.07. The molecule has 3 rings (SSSR count). The van der Waals surface area contributed by atoms with Crippen molar-refractivity contribution in [1.29, 1.82) is 0 Å². The minimum absolute atomic E-state index is 0.124. The lowest BCUT2D eigenvalue weighted by atomic mass is 9.96.